The number of oxime groups is 1. The number of hydrogen-bond donors (Lipinski definition) is 2. The van der Waals surface area contributed by atoms with Crippen LogP contribution in [0.4, 0.5) is 0 Å². The second-order valence-corrected chi connectivity index (χ2v) is 5.63. The van der Waals surface area contributed by atoms with Gasteiger partial charge in [-0.3, -0.25) is 0 Å². The molecular weight excluding hydrogens is 268 g/mol. The van der Waals surface area contributed by atoms with Gasteiger partial charge < -0.3 is 15.2 Å². The summed E-state index contributed by atoms with van der Waals surface area (Å²) in [5.74, 6) is 0.509. The number of thioether (sulfide) groups is 1. The van der Waals surface area contributed by atoms with Crippen molar-refractivity contribution in [1.29, 1.82) is 0 Å². The van der Waals surface area contributed by atoms with E-state index >= 15 is 0 Å². The Hall–Kier alpha value is -1.27. The minimum Gasteiger partial charge on any atom is -0.507 e. The topological polar surface area (TPSA) is 56.1 Å². The van der Waals surface area contributed by atoms with E-state index in [0.717, 1.165) is 5.56 Å². The van der Waals surface area contributed by atoms with E-state index in [9.17, 15) is 5.11 Å². The normalized spacial score (nSPS) is 11.4. The van der Waals surface area contributed by atoms with E-state index in [4.69, 9.17) is 17.4 Å². The van der Waals surface area contributed by atoms with Crippen LogP contribution in [0, 0.1) is 6.92 Å². The van der Waals surface area contributed by atoms with Crippen molar-refractivity contribution in [3.05, 3.63) is 29.3 Å². The smallest absolute Gasteiger partial charge is 0.136 e. The lowest BCUT2D eigenvalue weighted by Gasteiger charge is -2.13. The molecular formula is C12H16N2O2S2. The maximum atomic E-state index is 9.77. The summed E-state index contributed by atoms with van der Waals surface area (Å²) < 4.78 is 0.697. The van der Waals surface area contributed by atoms with E-state index in [1.807, 2.05) is 25.9 Å². The van der Waals surface area contributed by atoms with Crippen molar-refractivity contribution in [2.24, 2.45) is 5.16 Å². The van der Waals surface area contributed by atoms with Gasteiger partial charge in [-0.25, -0.2) is 0 Å². The number of phenolic OH excluding ortho intramolecular Hbond substituents is 1. The zero-order valence-electron chi connectivity index (χ0n) is 10.5. The molecule has 0 bridgehead atoms. The van der Waals surface area contributed by atoms with E-state index in [0.29, 0.717) is 21.3 Å². The molecule has 1 aromatic carbocycles. The van der Waals surface area contributed by atoms with Crippen LogP contribution in [-0.4, -0.2) is 45.1 Å². The molecule has 98 valence electrons. The van der Waals surface area contributed by atoms with Crippen LogP contribution in [0.25, 0.3) is 0 Å². The molecule has 0 radical (unpaired) electrons. The Morgan fingerprint density at radius 2 is 2.11 bits per heavy atom. The lowest BCUT2D eigenvalue weighted by molar-refractivity contribution is 0.319. The van der Waals surface area contributed by atoms with E-state index < -0.39 is 0 Å². The standard InChI is InChI=1S/C12H16N2O2S2/c1-8-4-5-11(15)9(6-8)10(13-16)7-18-12(17)14(2)3/h4-6,15-16H,7H2,1-3H3/b13-10+. The molecule has 0 aliphatic carbocycles. The molecule has 18 heavy (non-hydrogen) atoms. The number of benzene rings is 1. The van der Waals surface area contributed by atoms with Crippen LogP contribution in [0.3, 0.4) is 0 Å². The fraction of sp³-hybridized carbons (Fsp3) is 0.333. The molecule has 6 heteroatoms. The molecule has 0 heterocycles. The number of hydrogen-bond acceptors (Lipinski definition) is 5. The van der Waals surface area contributed by atoms with Gasteiger partial charge in [0.05, 0.1) is 0 Å². The maximum Gasteiger partial charge on any atom is 0.136 e. The Bertz CT molecular complexity index is 473. The zero-order valence-corrected chi connectivity index (χ0v) is 12.2. The SMILES string of the molecule is Cc1ccc(O)c(/C(CSC(=S)N(C)C)=N/O)c1. The van der Waals surface area contributed by atoms with E-state index in [2.05, 4.69) is 5.16 Å². The van der Waals surface area contributed by atoms with E-state index in [1.54, 1.807) is 18.2 Å². The average molecular weight is 284 g/mol. The molecule has 0 fully saturated rings. The first-order valence-electron chi connectivity index (χ1n) is 5.30. The molecule has 0 atom stereocenters. The average Bonchev–Trinajstić information content (AvgIpc) is 2.33. The Balaban J connectivity index is 2.85. The molecule has 0 aromatic heterocycles. The fourth-order valence-electron chi connectivity index (χ4n) is 1.30. The van der Waals surface area contributed by atoms with Crippen molar-refractivity contribution in [3.8, 4) is 5.75 Å². The third kappa shape index (κ3) is 3.89. The Morgan fingerprint density at radius 3 is 2.67 bits per heavy atom. The van der Waals surface area contributed by atoms with Crippen LogP contribution < -0.4 is 0 Å². The van der Waals surface area contributed by atoms with Crippen molar-refractivity contribution >= 4 is 34.0 Å². The first-order chi connectivity index (χ1) is 8.45. The second kappa shape index (κ2) is 6.61. The van der Waals surface area contributed by atoms with Crippen molar-refractivity contribution in [3.63, 3.8) is 0 Å². The fourth-order valence-corrected chi connectivity index (χ4v) is 2.21. The molecule has 0 aliphatic rings. The third-order valence-corrected chi connectivity index (χ3v) is 4.03. The highest BCUT2D eigenvalue weighted by Gasteiger charge is 2.12. The van der Waals surface area contributed by atoms with Crippen LogP contribution in [0.1, 0.15) is 11.1 Å². The lowest BCUT2D eigenvalue weighted by Crippen LogP contribution is -2.18. The highest BCUT2D eigenvalue weighted by atomic mass is 32.2. The first kappa shape index (κ1) is 14.8. The van der Waals surface area contributed by atoms with Crippen LogP contribution in [-0.2, 0) is 0 Å². The Morgan fingerprint density at radius 1 is 1.44 bits per heavy atom. The summed E-state index contributed by atoms with van der Waals surface area (Å²) in [6, 6.07) is 5.17. The first-order valence-corrected chi connectivity index (χ1v) is 6.70. The summed E-state index contributed by atoms with van der Waals surface area (Å²) in [6.07, 6.45) is 0. The van der Waals surface area contributed by atoms with Gasteiger partial charge in [0.2, 0.25) is 0 Å². The van der Waals surface area contributed by atoms with Crippen molar-refractivity contribution < 1.29 is 10.3 Å². The molecule has 1 rings (SSSR count). The van der Waals surface area contributed by atoms with Crippen LogP contribution in [0.5, 0.6) is 5.75 Å². The van der Waals surface area contributed by atoms with Gasteiger partial charge in [0, 0.05) is 25.4 Å². The van der Waals surface area contributed by atoms with Crippen molar-refractivity contribution in [2.75, 3.05) is 19.8 Å². The molecule has 0 saturated heterocycles. The summed E-state index contributed by atoms with van der Waals surface area (Å²) in [5, 5.41) is 22.1. The molecule has 0 aliphatic heterocycles. The summed E-state index contributed by atoms with van der Waals surface area (Å²) >= 11 is 6.52. The minimum atomic E-state index is 0.102. The predicted molar refractivity (Wildman–Crippen MR) is 79.9 cm³/mol. The largest absolute Gasteiger partial charge is 0.507 e. The van der Waals surface area contributed by atoms with Crippen molar-refractivity contribution in [1.82, 2.24) is 4.90 Å². The third-order valence-electron chi connectivity index (χ3n) is 2.28. The molecule has 0 spiro atoms. The summed E-state index contributed by atoms with van der Waals surface area (Å²) in [7, 11) is 3.71. The van der Waals surface area contributed by atoms with Crippen LogP contribution in [0.2, 0.25) is 0 Å². The molecule has 1 aromatic rings. The predicted octanol–water partition coefficient (Wildman–Crippen LogP) is 2.46. The Labute approximate surface area is 116 Å². The Kier molecular flexibility index (Phi) is 5.43. The van der Waals surface area contributed by atoms with Gasteiger partial charge >= 0.3 is 0 Å². The van der Waals surface area contributed by atoms with Gasteiger partial charge in [0.15, 0.2) is 0 Å². The van der Waals surface area contributed by atoms with E-state index in [-0.39, 0.29) is 5.75 Å². The molecule has 4 nitrogen and oxygen atoms in total. The molecule has 2 N–H and O–H groups in total. The number of rotatable bonds is 3. The zero-order chi connectivity index (χ0) is 13.7. The van der Waals surface area contributed by atoms with Gasteiger partial charge in [-0.1, -0.05) is 40.8 Å². The maximum absolute atomic E-state index is 9.77. The lowest BCUT2D eigenvalue weighted by atomic mass is 10.1. The number of aromatic hydroxyl groups is 1. The molecule has 0 saturated carbocycles. The monoisotopic (exact) mass is 284 g/mol. The van der Waals surface area contributed by atoms with Gasteiger partial charge in [-0.05, 0) is 19.1 Å². The van der Waals surface area contributed by atoms with Crippen molar-refractivity contribution in [2.45, 2.75) is 6.92 Å². The number of phenols is 1. The number of aryl methyl sites for hydroxylation is 1. The second-order valence-electron chi connectivity index (χ2n) is 4.02. The highest BCUT2D eigenvalue weighted by Crippen LogP contribution is 2.21. The van der Waals surface area contributed by atoms with Gasteiger partial charge in [0.1, 0.15) is 15.8 Å². The molecule has 0 unspecified atom stereocenters. The summed E-state index contributed by atoms with van der Waals surface area (Å²) in [4.78, 5) is 1.81. The van der Waals surface area contributed by atoms with Gasteiger partial charge in [0.25, 0.3) is 0 Å². The summed E-state index contributed by atoms with van der Waals surface area (Å²) in [6.45, 7) is 1.91. The van der Waals surface area contributed by atoms with E-state index in [1.165, 1.54) is 11.8 Å². The van der Waals surface area contributed by atoms with Crippen LogP contribution >= 0.6 is 24.0 Å². The number of nitrogens with zero attached hydrogens (tertiary/aromatic N) is 2. The number of thiocarbonyl (C=S) groups is 1. The van der Waals surface area contributed by atoms with Gasteiger partial charge in [-0.15, -0.1) is 0 Å². The highest BCUT2D eigenvalue weighted by molar-refractivity contribution is 8.23. The molecule has 0 amide bonds. The summed E-state index contributed by atoms with van der Waals surface area (Å²) in [5.41, 5.74) is 1.93. The van der Waals surface area contributed by atoms with Crippen LogP contribution in [0.15, 0.2) is 23.4 Å². The minimum absolute atomic E-state index is 0.102. The quantitative estimate of drug-likeness (QED) is 0.386. The van der Waals surface area contributed by atoms with Gasteiger partial charge in [-0.2, -0.15) is 0 Å².